The number of benzene rings is 2. The zero-order valence-electron chi connectivity index (χ0n) is 16.0. The molecule has 29 heavy (non-hydrogen) atoms. The highest BCUT2D eigenvalue weighted by atomic mass is 19.1. The Kier molecular flexibility index (Phi) is 5.74. The maximum absolute atomic E-state index is 13.2. The predicted molar refractivity (Wildman–Crippen MR) is 109 cm³/mol. The van der Waals surface area contributed by atoms with Crippen molar-refractivity contribution in [2.45, 2.75) is 32.0 Å². The van der Waals surface area contributed by atoms with E-state index in [-0.39, 0.29) is 24.4 Å². The van der Waals surface area contributed by atoms with Crippen molar-refractivity contribution in [1.82, 2.24) is 4.90 Å². The second-order valence-electron chi connectivity index (χ2n) is 7.23. The minimum atomic E-state index is -0.276. The molecular weight excluding hydrogens is 371 g/mol. The fourth-order valence-corrected chi connectivity index (χ4v) is 3.75. The molecule has 0 aliphatic carbocycles. The zero-order chi connectivity index (χ0) is 20.2. The molecule has 6 heteroatoms. The lowest BCUT2D eigenvalue weighted by Gasteiger charge is -2.22. The van der Waals surface area contributed by atoms with Crippen LogP contribution in [0.3, 0.4) is 0 Å². The number of nitrogens with one attached hydrogen (secondary N) is 1. The number of hydrogen-bond acceptors (Lipinski definition) is 4. The van der Waals surface area contributed by atoms with Crippen LogP contribution >= 0.6 is 0 Å². The van der Waals surface area contributed by atoms with E-state index in [0.717, 1.165) is 36.3 Å². The van der Waals surface area contributed by atoms with Gasteiger partial charge in [-0.05, 0) is 66.9 Å². The van der Waals surface area contributed by atoms with E-state index in [4.69, 9.17) is 9.52 Å². The van der Waals surface area contributed by atoms with Gasteiger partial charge < -0.3 is 14.8 Å². The van der Waals surface area contributed by atoms with Crippen LogP contribution in [0, 0.1) is 5.82 Å². The molecule has 1 amide bonds. The van der Waals surface area contributed by atoms with Crippen LogP contribution in [0.25, 0.3) is 11.1 Å². The van der Waals surface area contributed by atoms with E-state index in [0.29, 0.717) is 18.0 Å². The molecule has 150 valence electrons. The second kappa shape index (κ2) is 8.59. The third-order valence-corrected chi connectivity index (χ3v) is 5.21. The number of likely N-dealkylation sites (tertiary alicyclic amines) is 1. The summed E-state index contributed by atoms with van der Waals surface area (Å²) >= 11 is 0. The number of furan rings is 1. The van der Waals surface area contributed by atoms with Gasteiger partial charge >= 0.3 is 0 Å². The van der Waals surface area contributed by atoms with Crippen molar-refractivity contribution >= 4 is 11.6 Å². The van der Waals surface area contributed by atoms with Crippen molar-refractivity contribution in [1.29, 1.82) is 0 Å². The van der Waals surface area contributed by atoms with Crippen LogP contribution in [0.5, 0.6) is 0 Å². The van der Waals surface area contributed by atoms with Crippen LogP contribution in [0.1, 0.15) is 24.4 Å². The normalized spacial score (nSPS) is 16.8. The maximum Gasteiger partial charge on any atom is 0.241 e. The van der Waals surface area contributed by atoms with Crippen LogP contribution < -0.4 is 5.32 Å². The summed E-state index contributed by atoms with van der Waals surface area (Å²) in [5.41, 5.74) is 2.52. The highest BCUT2D eigenvalue weighted by Gasteiger charge is 2.31. The largest absolute Gasteiger partial charge is 0.462 e. The van der Waals surface area contributed by atoms with E-state index in [1.807, 2.05) is 30.3 Å². The van der Waals surface area contributed by atoms with Crippen molar-refractivity contribution in [3.05, 3.63) is 78.0 Å². The number of carbonyl (C=O) groups excluding carboxylic acids is 1. The molecule has 2 heterocycles. The molecule has 1 fully saturated rings. The monoisotopic (exact) mass is 394 g/mol. The van der Waals surface area contributed by atoms with Crippen LogP contribution in [0.15, 0.2) is 65.1 Å². The van der Waals surface area contributed by atoms with Gasteiger partial charge in [-0.2, -0.15) is 0 Å². The second-order valence-corrected chi connectivity index (χ2v) is 7.23. The SMILES string of the molecule is O=C(Nc1cccc(-c2ccc(F)cc2)c1)[C@H]1CCCN1Cc1ccc(CO)o1. The average molecular weight is 394 g/mol. The molecule has 5 nitrogen and oxygen atoms in total. The minimum absolute atomic E-state index is 0.0484. The van der Waals surface area contributed by atoms with Gasteiger partial charge in [-0.1, -0.05) is 24.3 Å². The Morgan fingerprint density at radius 1 is 1.10 bits per heavy atom. The standard InChI is InChI=1S/C23H23FN2O3/c24-18-8-6-16(7-9-18)17-3-1-4-19(13-17)25-23(28)22-5-2-12-26(22)14-20-10-11-21(15-27)29-20/h1,3-4,6-11,13,22,27H,2,5,12,14-15H2,(H,25,28)/t22-/m1/s1. The average Bonchev–Trinajstić information content (AvgIpc) is 3.38. The molecule has 0 bridgehead atoms. The molecular formula is C23H23FN2O3. The number of anilines is 1. The molecule has 2 N–H and O–H groups in total. The van der Waals surface area contributed by atoms with Crippen molar-refractivity contribution in [2.75, 3.05) is 11.9 Å². The Bertz CT molecular complexity index is 984. The molecule has 4 rings (SSSR count). The number of hydrogen-bond donors (Lipinski definition) is 2. The smallest absolute Gasteiger partial charge is 0.241 e. The van der Waals surface area contributed by atoms with Crippen LogP contribution in [0.2, 0.25) is 0 Å². The molecule has 1 aliphatic heterocycles. The highest BCUT2D eigenvalue weighted by molar-refractivity contribution is 5.95. The Morgan fingerprint density at radius 3 is 2.66 bits per heavy atom. The molecule has 0 radical (unpaired) electrons. The van der Waals surface area contributed by atoms with E-state index in [9.17, 15) is 9.18 Å². The fourth-order valence-electron chi connectivity index (χ4n) is 3.75. The lowest BCUT2D eigenvalue weighted by atomic mass is 10.0. The van der Waals surface area contributed by atoms with Gasteiger partial charge in [0.05, 0.1) is 12.6 Å². The summed E-state index contributed by atoms with van der Waals surface area (Å²) in [4.78, 5) is 15.0. The van der Waals surface area contributed by atoms with Crippen LogP contribution in [-0.2, 0) is 17.9 Å². The van der Waals surface area contributed by atoms with Gasteiger partial charge in [0.15, 0.2) is 0 Å². The van der Waals surface area contributed by atoms with Crippen molar-refractivity contribution in [3.63, 3.8) is 0 Å². The summed E-state index contributed by atoms with van der Waals surface area (Å²) in [5, 5.41) is 12.2. The summed E-state index contributed by atoms with van der Waals surface area (Å²) in [6.45, 7) is 1.23. The fraction of sp³-hybridized carbons (Fsp3) is 0.261. The summed E-state index contributed by atoms with van der Waals surface area (Å²) < 4.78 is 18.7. The topological polar surface area (TPSA) is 65.7 Å². The van der Waals surface area contributed by atoms with Gasteiger partial charge in [0.25, 0.3) is 0 Å². The quantitative estimate of drug-likeness (QED) is 0.658. The Balaban J connectivity index is 1.44. The number of aliphatic hydroxyl groups excluding tert-OH is 1. The van der Waals surface area contributed by atoms with Gasteiger partial charge in [0, 0.05) is 5.69 Å². The minimum Gasteiger partial charge on any atom is -0.462 e. The van der Waals surface area contributed by atoms with Gasteiger partial charge in [-0.15, -0.1) is 0 Å². The van der Waals surface area contributed by atoms with E-state index in [1.165, 1.54) is 12.1 Å². The number of aliphatic hydroxyl groups is 1. The maximum atomic E-state index is 13.2. The highest BCUT2D eigenvalue weighted by Crippen LogP contribution is 2.25. The molecule has 0 spiro atoms. The molecule has 0 unspecified atom stereocenters. The molecule has 0 saturated carbocycles. The Labute approximate surface area is 168 Å². The van der Waals surface area contributed by atoms with E-state index >= 15 is 0 Å². The lowest BCUT2D eigenvalue weighted by molar-refractivity contribution is -0.120. The molecule has 3 aromatic rings. The number of rotatable bonds is 6. The van der Waals surface area contributed by atoms with E-state index in [2.05, 4.69) is 10.2 Å². The first kappa shape index (κ1) is 19.4. The summed E-state index contributed by atoms with van der Waals surface area (Å²) in [5.74, 6) is 0.944. The van der Waals surface area contributed by atoms with Gasteiger partial charge in [0.2, 0.25) is 5.91 Å². The number of amides is 1. The molecule has 1 saturated heterocycles. The Hall–Kier alpha value is -2.96. The third kappa shape index (κ3) is 4.55. The first-order valence-electron chi connectivity index (χ1n) is 9.72. The first-order valence-corrected chi connectivity index (χ1v) is 9.72. The summed E-state index contributed by atoms with van der Waals surface area (Å²) in [6, 6.07) is 17.2. The van der Waals surface area contributed by atoms with Crippen molar-refractivity contribution in [2.24, 2.45) is 0 Å². The first-order chi connectivity index (χ1) is 14.1. The molecule has 2 aromatic carbocycles. The summed E-state index contributed by atoms with van der Waals surface area (Å²) in [7, 11) is 0. The molecule has 1 aliphatic rings. The number of halogens is 1. The van der Waals surface area contributed by atoms with Gasteiger partial charge in [-0.3, -0.25) is 9.69 Å². The van der Waals surface area contributed by atoms with Crippen molar-refractivity contribution < 1.29 is 18.7 Å². The molecule has 1 aromatic heterocycles. The van der Waals surface area contributed by atoms with Crippen molar-refractivity contribution in [3.8, 4) is 11.1 Å². The zero-order valence-corrected chi connectivity index (χ0v) is 16.0. The lowest BCUT2D eigenvalue weighted by Crippen LogP contribution is -2.39. The number of nitrogens with zero attached hydrogens (tertiary/aromatic N) is 1. The predicted octanol–water partition coefficient (Wildman–Crippen LogP) is 4.18. The number of carbonyl (C=O) groups is 1. The van der Waals surface area contributed by atoms with E-state index in [1.54, 1.807) is 18.2 Å². The van der Waals surface area contributed by atoms with Gasteiger partial charge in [-0.25, -0.2) is 4.39 Å². The third-order valence-electron chi connectivity index (χ3n) is 5.21. The van der Waals surface area contributed by atoms with Crippen LogP contribution in [-0.4, -0.2) is 28.5 Å². The van der Waals surface area contributed by atoms with Crippen LogP contribution in [0.4, 0.5) is 10.1 Å². The summed E-state index contributed by atoms with van der Waals surface area (Å²) in [6.07, 6.45) is 1.73. The van der Waals surface area contributed by atoms with E-state index < -0.39 is 0 Å². The Morgan fingerprint density at radius 2 is 1.90 bits per heavy atom. The molecule has 1 atom stereocenters. The van der Waals surface area contributed by atoms with Gasteiger partial charge in [0.1, 0.15) is 23.9 Å².